The van der Waals surface area contributed by atoms with Crippen molar-refractivity contribution >= 4 is 5.69 Å². The number of nitrogens with zero attached hydrogens (tertiary/aromatic N) is 3. The smallest absolute Gasteiger partial charge is 0.259 e. The highest BCUT2D eigenvalue weighted by Crippen LogP contribution is 2.25. The Bertz CT molecular complexity index is 855. The number of aromatic nitrogens is 3. The van der Waals surface area contributed by atoms with Crippen LogP contribution in [0.25, 0.3) is 22.8 Å². The normalized spacial score (nSPS) is 10.6. The third-order valence-corrected chi connectivity index (χ3v) is 3.43. The molecule has 3 rings (SSSR count). The highest BCUT2D eigenvalue weighted by molar-refractivity contribution is 5.64. The monoisotopic (exact) mass is 294 g/mol. The molecule has 0 aliphatic carbocycles. The molecule has 0 saturated carbocycles. The number of rotatable bonds is 3. The third-order valence-electron chi connectivity index (χ3n) is 3.43. The van der Waals surface area contributed by atoms with Crippen LogP contribution >= 0.6 is 0 Å². The number of hydrogen-bond acceptors (Lipinski definition) is 4. The molecule has 0 spiro atoms. The predicted octanol–water partition coefficient (Wildman–Crippen LogP) is 3.66. The molecule has 3 aromatic rings. The highest BCUT2D eigenvalue weighted by atomic mass is 16.6. The summed E-state index contributed by atoms with van der Waals surface area (Å²) in [5.74, 6) is 1.20. The van der Waals surface area contributed by atoms with Crippen LogP contribution in [0.5, 0.6) is 0 Å². The summed E-state index contributed by atoms with van der Waals surface area (Å²) in [4.78, 5) is 14.9. The lowest BCUT2D eigenvalue weighted by atomic mass is 10.1. The maximum atomic E-state index is 10.9. The molecule has 0 aliphatic heterocycles. The summed E-state index contributed by atoms with van der Waals surface area (Å²) in [6.07, 6.45) is 0. The molecule has 0 radical (unpaired) electrons. The summed E-state index contributed by atoms with van der Waals surface area (Å²) >= 11 is 0. The molecular formula is C16H14N4O2. The molecule has 0 bridgehead atoms. The van der Waals surface area contributed by atoms with Crippen molar-refractivity contribution in [1.29, 1.82) is 0 Å². The first kappa shape index (κ1) is 13.9. The van der Waals surface area contributed by atoms with Gasteiger partial charge in [0.15, 0.2) is 11.6 Å². The van der Waals surface area contributed by atoms with Crippen molar-refractivity contribution in [2.24, 2.45) is 0 Å². The van der Waals surface area contributed by atoms with Crippen LogP contribution in [0.2, 0.25) is 0 Å². The minimum Gasteiger partial charge on any atom is -0.259 e. The Morgan fingerprint density at radius 2 is 1.91 bits per heavy atom. The molecule has 6 heteroatoms. The Labute approximate surface area is 127 Å². The second-order valence-electron chi connectivity index (χ2n) is 5.14. The first-order valence-electron chi connectivity index (χ1n) is 6.79. The number of aryl methyl sites for hydroxylation is 2. The summed E-state index contributed by atoms with van der Waals surface area (Å²) < 4.78 is 0. The van der Waals surface area contributed by atoms with Crippen molar-refractivity contribution in [2.75, 3.05) is 0 Å². The van der Waals surface area contributed by atoms with Crippen LogP contribution in [-0.4, -0.2) is 20.1 Å². The Kier molecular flexibility index (Phi) is 3.42. The van der Waals surface area contributed by atoms with E-state index in [4.69, 9.17) is 0 Å². The Morgan fingerprint density at radius 3 is 2.59 bits per heavy atom. The van der Waals surface area contributed by atoms with Crippen LogP contribution in [0, 0.1) is 24.0 Å². The van der Waals surface area contributed by atoms with Crippen LogP contribution in [0.4, 0.5) is 5.69 Å². The zero-order chi connectivity index (χ0) is 15.7. The van der Waals surface area contributed by atoms with Gasteiger partial charge < -0.3 is 0 Å². The van der Waals surface area contributed by atoms with Crippen LogP contribution in [-0.2, 0) is 0 Å². The lowest BCUT2D eigenvalue weighted by Crippen LogP contribution is -1.92. The first-order valence-corrected chi connectivity index (χ1v) is 6.79. The number of nitrogens with one attached hydrogen (secondary N) is 1. The standard InChI is InChI=1S/C16H14N4O2/c1-10-4-3-5-12(8-10)15-17-16(19-18-15)13-6-7-14(20(21)22)11(2)9-13/h3-9H,1-2H3,(H,17,18,19). The van der Waals surface area contributed by atoms with Gasteiger partial charge in [-0.2, -0.15) is 5.10 Å². The van der Waals surface area contributed by atoms with Crippen molar-refractivity contribution in [3.05, 3.63) is 63.7 Å². The topological polar surface area (TPSA) is 84.7 Å². The van der Waals surface area contributed by atoms with E-state index in [2.05, 4.69) is 15.2 Å². The van der Waals surface area contributed by atoms with E-state index in [0.29, 0.717) is 17.2 Å². The fraction of sp³-hybridized carbons (Fsp3) is 0.125. The van der Waals surface area contributed by atoms with E-state index in [0.717, 1.165) is 16.7 Å². The Hall–Kier alpha value is -3.02. The molecule has 1 heterocycles. The second-order valence-corrected chi connectivity index (χ2v) is 5.14. The number of nitro benzene ring substituents is 1. The lowest BCUT2D eigenvalue weighted by molar-refractivity contribution is -0.385. The van der Waals surface area contributed by atoms with Gasteiger partial charge in [-0.1, -0.05) is 23.8 Å². The van der Waals surface area contributed by atoms with Gasteiger partial charge in [0, 0.05) is 22.8 Å². The van der Waals surface area contributed by atoms with Crippen LogP contribution in [0.1, 0.15) is 11.1 Å². The molecule has 0 unspecified atom stereocenters. The molecule has 6 nitrogen and oxygen atoms in total. The van der Waals surface area contributed by atoms with Crippen molar-refractivity contribution < 1.29 is 4.92 Å². The summed E-state index contributed by atoms with van der Waals surface area (Å²) in [6.45, 7) is 3.72. The van der Waals surface area contributed by atoms with Crippen LogP contribution in [0.3, 0.4) is 0 Å². The number of aromatic amines is 1. The van der Waals surface area contributed by atoms with Gasteiger partial charge in [-0.3, -0.25) is 15.2 Å². The van der Waals surface area contributed by atoms with Gasteiger partial charge in [-0.05, 0) is 32.0 Å². The van der Waals surface area contributed by atoms with E-state index in [-0.39, 0.29) is 5.69 Å². The largest absolute Gasteiger partial charge is 0.272 e. The average molecular weight is 294 g/mol. The van der Waals surface area contributed by atoms with E-state index in [1.54, 1.807) is 19.1 Å². The van der Waals surface area contributed by atoms with Gasteiger partial charge in [0.1, 0.15) is 0 Å². The van der Waals surface area contributed by atoms with Crippen molar-refractivity contribution in [2.45, 2.75) is 13.8 Å². The SMILES string of the molecule is Cc1cccc(-c2n[nH]c(-c3ccc([N+](=O)[O-])c(C)c3)n2)c1. The molecular weight excluding hydrogens is 280 g/mol. The van der Waals surface area contributed by atoms with E-state index < -0.39 is 4.92 Å². The molecule has 110 valence electrons. The number of benzene rings is 2. The Balaban J connectivity index is 1.97. The molecule has 0 fully saturated rings. The molecule has 0 saturated heterocycles. The van der Waals surface area contributed by atoms with Gasteiger partial charge in [0.2, 0.25) is 0 Å². The second kappa shape index (κ2) is 5.40. The van der Waals surface area contributed by atoms with Gasteiger partial charge >= 0.3 is 0 Å². The van der Waals surface area contributed by atoms with E-state index in [1.807, 2.05) is 31.2 Å². The number of H-pyrrole nitrogens is 1. The van der Waals surface area contributed by atoms with Gasteiger partial charge in [-0.15, -0.1) is 0 Å². The van der Waals surface area contributed by atoms with Crippen molar-refractivity contribution in [1.82, 2.24) is 15.2 Å². The van der Waals surface area contributed by atoms with Crippen LogP contribution in [0.15, 0.2) is 42.5 Å². The zero-order valence-corrected chi connectivity index (χ0v) is 12.2. The fourth-order valence-corrected chi connectivity index (χ4v) is 2.31. The van der Waals surface area contributed by atoms with E-state index in [9.17, 15) is 10.1 Å². The minimum absolute atomic E-state index is 0.0992. The molecule has 0 amide bonds. The van der Waals surface area contributed by atoms with Crippen molar-refractivity contribution in [3.8, 4) is 22.8 Å². The zero-order valence-electron chi connectivity index (χ0n) is 12.2. The van der Waals surface area contributed by atoms with Gasteiger partial charge in [-0.25, -0.2) is 4.98 Å². The Morgan fingerprint density at radius 1 is 1.09 bits per heavy atom. The molecule has 22 heavy (non-hydrogen) atoms. The maximum Gasteiger partial charge on any atom is 0.272 e. The quantitative estimate of drug-likeness (QED) is 0.590. The highest BCUT2D eigenvalue weighted by Gasteiger charge is 2.13. The summed E-state index contributed by atoms with van der Waals surface area (Å²) in [7, 11) is 0. The third kappa shape index (κ3) is 2.58. The fourth-order valence-electron chi connectivity index (χ4n) is 2.31. The molecule has 2 aromatic carbocycles. The number of hydrogen-bond donors (Lipinski definition) is 1. The van der Waals surface area contributed by atoms with Crippen LogP contribution < -0.4 is 0 Å². The maximum absolute atomic E-state index is 10.9. The molecule has 1 N–H and O–H groups in total. The average Bonchev–Trinajstić information content (AvgIpc) is 2.96. The molecule has 1 aromatic heterocycles. The minimum atomic E-state index is -0.391. The first-order chi connectivity index (χ1) is 10.5. The summed E-state index contributed by atoms with van der Waals surface area (Å²) in [6, 6.07) is 12.8. The summed E-state index contributed by atoms with van der Waals surface area (Å²) in [5.41, 5.74) is 3.53. The van der Waals surface area contributed by atoms with E-state index >= 15 is 0 Å². The van der Waals surface area contributed by atoms with E-state index in [1.165, 1.54) is 6.07 Å². The predicted molar refractivity (Wildman–Crippen MR) is 83.4 cm³/mol. The van der Waals surface area contributed by atoms with Gasteiger partial charge in [0.25, 0.3) is 5.69 Å². The lowest BCUT2D eigenvalue weighted by Gasteiger charge is -2.00. The van der Waals surface area contributed by atoms with Crippen molar-refractivity contribution in [3.63, 3.8) is 0 Å². The number of nitro groups is 1. The molecule has 0 aliphatic rings. The van der Waals surface area contributed by atoms with Gasteiger partial charge in [0.05, 0.1) is 4.92 Å². The molecule has 0 atom stereocenters. The summed E-state index contributed by atoms with van der Waals surface area (Å²) in [5, 5.41) is 18.0.